The Balaban J connectivity index is 2.20. The van der Waals surface area contributed by atoms with Crippen LogP contribution in [0.3, 0.4) is 0 Å². The van der Waals surface area contributed by atoms with Crippen molar-refractivity contribution in [3.05, 3.63) is 60.7 Å². The van der Waals surface area contributed by atoms with Gasteiger partial charge in [-0.05, 0) is 30.7 Å². The lowest BCUT2D eigenvalue weighted by atomic mass is 9.81. The molecule has 0 atom stereocenters. The summed E-state index contributed by atoms with van der Waals surface area (Å²) in [5.41, 5.74) is -1.30. The molecule has 1 aliphatic rings. The third-order valence-corrected chi connectivity index (χ3v) is 4.34. The first-order chi connectivity index (χ1) is 12.1. The first-order valence-corrected chi connectivity index (χ1v) is 7.86. The average molecular weight is 336 g/mol. The van der Waals surface area contributed by atoms with E-state index in [1.54, 1.807) is 67.6 Å². The number of urea groups is 1. The number of amides is 4. The summed E-state index contributed by atoms with van der Waals surface area (Å²) in [6, 6.07) is 15.7. The smallest absolute Gasteiger partial charge is 0.302 e. The lowest BCUT2D eigenvalue weighted by Gasteiger charge is -2.40. The van der Waals surface area contributed by atoms with Crippen molar-refractivity contribution in [2.24, 2.45) is 5.41 Å². The van der Waals surface area contributed by atoms with Crippen molar-refractivity contribution >= 4 is 35.5 Å². The second-order valence-corrected chi connectivity index (χ2v) is 5.68. The standard InChI is InChI=1S/C19H16N2O4/c1-2-19(13-22)16(23)20(14-9-5-3-6-10-14)18(25)21(17(19)24)15-11-7-4-8-12-15/h3-13H,2H2,1H3. The highest BCUT2D eigenvalue weighted by molar-refractivity contribution is 6.42. The Morgan fingerprint density at radius 1 is 0.800 bits per heavy atom. The van der Waals surface area contributed by atoms with E-state index in [9.17, 15) is 19.2 Å². The SMILES string of the molecule is CCC1(C=O)C(=O)N(c2ccccc2)C(=O)N(c2ccccc2)C1=O. The van der Waals surface area contributed by atoms with Crippen LogP contribution in [-0.4, -0.2) is 24.1 Å². The monoisotopic (exact) mass is 336 g/mol. The number of hydrogen-bond acceptors (Lipinski definition) is 4. The van der Waals surface area contributed by atoms with Crippen LogP contribution in [0.5, 0.6) is 0 Å². The molecule has 0 aliphatic carbocycles. The number of aldehydes is 1. The van der Waals surface area contributed by atoms with E-state index in [4.69, 9.17) is 0 Å². The molecule has 1 fully saturated rings. The van der Waals surface area contributed by atoms with Crippen LogP contribution in [-0.2, 0) is 14.4 Å². The van der Waals surface area contributed by atoms with E-state index in [0.29, 0.717) is 17.7 Å². The Labute approximate surface area is 144 Å². The van der Waals surface area contributed by atoms with Gasteiger partial charge in [-0.1, -0.05) is 43.3 Å². The summed E-state index contributed by atoms with van der Waals surface area (Å²) in [4.78, 5) is 52.4. The molecule has 0 N–H and O–H groups in total. The lowest BCUT2D eigenvalue weighted by molar-refractivity contribution is -0.144. The van der Waals surface area contributed by atoms with Gasteiger partial charge in [0, 0.05) is 0 Å². The minimum atomic E-state index is -1.92. The van der Waals surface area contributed by atoms with Gasteiger partial charge in [-0.2, -0.15) is 0 Å². The fraction of sp³-hybridized carbons (Fsp3) is 0.158. The molecule has 6 nitrogen and oxygen atoms in total. The van der Waals surface area contributed by atoms with Crippen molar-refractivity contribution in [2.75, 3.05) is 9.80 Å². The maximum Gasteiger partial charge on any atom is 0.342 e. The van der Waals surface area contributed by atoms with E-state index < -0.39 is 23.3 Å². The Morgan fingerprint density at radius 3 is 1.52 bits per heavy atom. The zero-order valence-electron chi connectivity index (χ0n) is 13.6. The molecule has 126 valence electrons. The van der Waals surface area contributed by atoms with Crippen LogP contribution >= 0.6 is 0 Å². The van der Waals surface area contributed by atoms with Gasteiger partial charge in [-0.25, -0.2) is 14.6 Å². The molecule has 6 heteroatoms. The normalized spacial score (nSPS) is 16.9. The second-order valence-electron chi connectivity index (χ2n) is 5.68. The number of anilines is 2. The number of carbonyl (C=O) groups excluding carboxylic acids is 4. The van der Waals surface area contributed by atoms with Crippen molar-refractivity contribution in [3.63, 3.8) is 0 Å². The van der Waals surface area contributed by atoms with E-state index in [-0.39, 0.29) is 6.42 Å². The van der Waals surface area contributed by atoms with Crippen LogP contribution in [0.15, 0.2) is 60.7 Å². The van der Waals surface area contributed by atoms with Crippen molar-refractivity contribution in [2.45, 2.75) is 13.3 Å². The van der Waals surface area contributed by atoms with Gasteiger partial charge in [-0.3, -0.25) is 9.59 Å². The number of rotatable bonds is 4. The highest BCUT2D eigenvalue weighted by Gasteiger charge is 2.57. The predicted molar refractivity (Wildman–Crippen MR) is 92.0 cm³/mol. The number of benzene rings is 2. The van der Waals surface area contributed by atoms with Gasteiger partial charge in [0.05, 0.1) is 11.4 Å². The van der Waals surface area contributed by atoms with Crippen molar-refractivity contribution in [1.82, 2.24) is 0 Å². The first-order valence-electron chi connectivity index (χ1n) is 7.86. The fourth-order valence-corrected chi connectivity index (χ4v) is 2.86. The van der Waals surface area contributed by atoms with Gasteiger partial charge in [-0.15, -0.1) is 0 Å². The Kier molecular flexibility index (Phi) is 4.19. The quantitative estimate of drug-likeness (QED) is 0.635. The summed E-state index contributed by atoms with van der Waals surface area (Å²) in [6.07, 6.45) is 0.310. The number of carbonyl (C=O) groups is 4. The Hall–Kier alpha value is -3.28. The molecular weight excluding hydrogens is 320 g/mol. The molecule has 1 saturated heterocycles. The van der Waals surface area contributed by atoms with Crippen LogP contribution in [0, 0.1) is 5.41 Å². The zero-order valence-corrected chi connectivity index (χ0v) is 13.6. The summed E-state index contributed by atoms with van der Waals surface area (Å²) in [5, 5.41) is 0. The molecule has 0 bridgehead atoms. The predicted octanol–water partition coefficient (Wildman–Crippen LogP) is 2.78. The second kappa shape index (κ2) is 6.32. The fourth-order valence-electron chi connectivity index (χ4n) is 2.86. The van der Waals surface area contributed by atoms with Gasteiger partial charge >= 0.3 is 6.03 Å². The molecule has 25 heavy (non-hydrogen) atoms. The Bertz CT molecular complexity index is 772. The van der Waals surface area contributed by atoms with Crippen molar-refractivity contribution in [1.29, 1.82) is 0 Å². The molecule has 0 radical (unpaired) electrons. The zero-order chi connectivity index (χ0) is 18.0. The summed E-state index contributed by atoms with van der Waals surface area (Å²) < 4.78 is 0. The third kappa shape index (κ3) is 2.42. The molecule has 2 aromatic carbocycles. The molecule has 0 aromatic heterocycles. The third-order valence-electron chi connectivity index (χ3n) is 4.34. The molecule has 0 saturated carbocycles. The molecule has 3 rings (SSSR count). The average Bonchev–Trinajstić information content (AvgIpc) is 2.65. The van der Waals surface area contributed by atoms with Crippen molar-refractivity contribution in [3.8, 4) is 0 Å². The maximum atomic E-state index is 13.0. The Morgan fingerprint density at radius 2 is 1.20 bits per heavy atom. The number of hydrogen-bond donors (Lipinski definition) is 0. The number of barbiturate groups is 1. The van der Waals surface area contributed by atoms with Gasteiger partial charge < -0.3 is 4.79 Å². The topological polar surface area (TPSA) is 74.8 Å². The molecule has 1 aliphatic heterocycles. The maximum absolute atomic E-state index is 13.0. The summed E-state index contributed by atoms with van der Waals surface area (Å²) in [7, 11) is 0. The number of nitrogens with zero attached hydrogens (tertiary/aromatic N) is 2. The van der Waals surface area contributed by atoms with Crippen LogP contribution < -0.4 is 9.80 Å². The van der Waals surface area contributed by atoms with E-state index >= 15 is 0 Å². The highest BCUT2D eigenvalue weighted by atomic mass is 16.2. The van der Waals surface area contributed by atoms with Crippen LogP contribution in [0.4, 0.5) is 16.2 Å². The van der Waals surface area contributed by atoms with Gasteiger partial charge in [0.25, 0.3) is 11.8 Å². The van der Waals surface area contributed by atoms with Gasteiger partial charge in [0.1, 0.15) is 6.29 Å². The minimum absolute atomic E-state index is 0.0336. The van der Waals surface area contributed by atoms with E-state index in [1.807, 2.05) is 0 Å². The molecule has 4 amide bonds. The molecule has 1 heterocycles. The number of para-hydroxylation sites is 2. The van der Waals surface area contributed by atoms with Gasteiger partial charge in [0.15, 0.2) is 5.41 Å². The molecule has 0 spiro atoms. The minimum Gasteiger partial charge on any atom is -0.302 e. The summed E-state index contributed by atoms with van der Waals surface area (Å²) in [6.45, 7) is 1.58. The molecular formula is C19H16N2O4. The van der Waals surface area contributed by atoms with Crippen LogP contribution in [0.1, 0.15) is 13.3 Å². The van der Waals surface area contributed by atoms with Crippen LogP contribution in [0.2, 0.25) is 0 Å². The first kappa shape index (κ1) is 16.6. The molecule has 2 aromatic rings. The number of imide groups is 2. The lowest BCUT2D eigenvalue weighted by Crippen LogP contribution is -2.66. The van der Waals surface area contributed by atoms with Gasteiger partial charge in [0.2, 0.25) is 0 Å². The highest BCUT2D eigenvalue weighted by Crippen LogP contribution is 2.36. The van der Waals surface area contributed by atoms with E-state index in [2.05, 4.69) is 0 Å². The summed E-state index contributed by atoms with van der Waals surface area (Å²) >= 11 is 0. The largest absolute Gasteiger partial charge is 0.342 e. The molecule has 0 unspecified atom stereocenters. The van der Waals surface area contributed by atoms with E-state index in [1.165, 1.54) is 0 Å². The van der Waals surface area contributed by atoms with Crippen molar-refractivity contribution < 1.29 is 19.2 Å². The van der Waals surface area contributed by atoms with E-state index in [0.717, 1.165) is 9.80 Å². The van der Waals surface area contributed by atoms with Crippen LogP contribution in [0.25, 0.3) is 0 Å². The summed E-state index contributed by atoms with van der Waals surface area (Å²) in [5.74, 6) is -1.64.